The van der Waals surface area contributed by atoms with Gasteiger partial charge in [0.25, 0.3) is 6.43 Å². The molecule has 0 atom stereocenters. The van der Waals surface area contributed by atoms with Gasteiger partial charge in [-0.2, -0.15) is 4.98 Å². The van der Waals surface area contributed by atoms with Crippen LogP contribution in [-0.2, 0) is 9.84 Å². The third-order valence-electron chi connectivity index (χ3n) is 2.00. The summed E-state index contributed by atoms with van der Waals surface area (Å²) in [5.74, 6) is -1.31. The first kappa shape index (κ1) is 11.8. The number of nitrogen functional groups attached to an aromatic ring is 1. The highest BCUT2D eigenvalue weighted by molar-refractivity contribution is 7.91. The molecule has 0 radical (unpaired) electrons. The number of oxazole rings is 1. The summed E-state index contributed by atoms with van der Waals surface area (Å²) in [5, 5.41) is -0.710. The number of sulfone groups is 1. The number of benzene rings is 1. The number of hydrogen-bond acceptors (Lipinski definition) is 5. The van der Waals surface area contributed by atoms with Crippen molar-refractivity contribution in [1.29, 1.82) is 0 Å². The monoisotopic (exact) mass is 262 g/mol. The second-order valence-electron chi connectivity index (χ2n) is 3.38. The van der Waals surface area contributed by atoms with Crippen LogP contribution in [0.3, 0.4) is 0 Å². The van der Waals surface area contributed by atoms with E-state index in [0.717, 1.165) is 0 Å². The quantitative estimate of drug-likeness (QED) is 0.846. The largest absolute Gasteiger partial charge is 0.428 e. The van der Waals surface area contributed by atoms with Crippen LogP contribution >= 0.6 is 0 Å². The van der Waals surface area contributed by atoms with Gasteiger partial charge in [0.2, 0.25) is 9.84 Å². The lowest BCUT2D eigenvalue weighted by molar-refractivity contribution is 0.173. The number of aromatic nitrogens is 1. The van der Waals surface area contributed by atoms with Crippen molar-refractivity contribution in [3.05, 3.63) is 18.2 Å². The number of nitrogens with zero attached hydrogens (tertiary/aromatic N) is 1. The number of hydrogen-bond donors (Lipinski definition) is 1. The third-order valence-corrected chi connectivity index (χ3v) is 3.40. The molecule has 2 aromatic rings. The van der Waals surface area contributed by atoms with E-state index >= 15 is 0 Å². The molecule has 0 unspecified atom stereocenters. The average Bonchev–Trinajstić information content (AvgIpc) is 2.58. The minimum Gasteiger partial charge on any atom is -0.428 e. The Hall–Kier alpha value is -1.70. The molecule has 0 aliphatic rings. The molecule has 92 valence electrons. The zero-order valence-corrected chi connectivity index (χ0v) is 9.25. The maximum Gasteiger partial charge on any atom is 0.316 e. The summed E-state index contributed by atoms with van der Waals surface area (Å²) in [7, 11) is -4.20. The molecule has 8 heteroatoms. The zero-order valence-electron chi connectivity index (χ0n) is 8.43. The summed E-state index contributed by atoms with van der Waals surface area (Å²) in [5.41, 5.74) is 6.26. The van der Waals surface area contributed by atoms with Crippen molar-refractivity contribution in [3.8, 4) is 0 Å². The normalized spacial score (nSPS) is 12.4. The number of rotatable bonds is 3. The maximum absolute atomic E-state index is 12.1. The van der Waals surface area contributed by atoms with Gasteiger partial charge in [-0.05, 0) is 18.2 Å². The van der Waals surface area contributed by atoms with E-state index in [1.54, 1.807) is 0 Å². The number of fused-ring (bicyclic) bond motifs is 1. The summed E-state index contributed by atoms with van der Waals surface area (Å²) >= 11 is 0. The average molecular weight is 262 g/mol. The first-order valence-electron chi connectivity index (χ1n) is 4.55. The van der Waals surface area contributed by atoms with Crippen LogP contribution < -0.4 is 5.73 Å². The van der Waals surface area contributed by atoms with Gasteiger partial charge in [-0.15, -0.1) is 0 Å². The van der Waals surface area contributed by atoms with Crippen LogP contribution in [0.5, 0.6) is 0 Å². The number of halogens is 2. The molecular weight excluding hydrogens is 254 g/mol. The third kappa shape index (κ3) is 2.36. The molecule has 17 heavy (non-hydrogen) atoms. The van der Waals surface area contributed by atoms with Gasteiger partial charge < -0.3 is 10.2 Å². The van der Waals surface area contributed by atoms with Crippen LogP contribution in [0, 0.1) is 0 Å². The first-order valence-corrected chi connectivity index (χ1v) is 6.21. The molecule has 0 bridgehead atoms. The SMILES string of the molecule is Nc1ccc2oc(S(=O)(=O)CC(F)F)nc2c1. The maximum atomic E-state index is 12.1. The summed E-state index contributed by atoms with van der Waals surface area (Å²) < 4.78 is 51.9. The highest BCUT2D eigenvalue weighted by Gasteiger charge is 2.26. The van der Waals surface area contributed by atoms with Crippen LogP contribution in [0.4, 0.5) is 14.5 Å². The van der Waals surface area contributed by atoms with Crippen LogP contribution in [0.25, 0.3) is 11.1 Å². The van der Waals surface area contributed by atoms with E-state index in [2.05, 4.69) is 4.98 Å². The predicted octanol–water partition coefficient (Wildman–Crippen LogP) is 1.45. The molecule has 0 spiro atoms. The summed E-state index contributed by atoms with van der Waals surface area (Å²) in [6.07, 6.45) is -2.97. The van der Waals surface area contributed by atoms with Gasteiger partial charge in [0.05, 0.1) is 0 Å². The highest BCUT2D eigenvalue weighted by Crippen LogP contribution is 2.22. The van der Waals surface area contributed by atoms with E-state index in [9.17, 15) is 17.2 Å². The number of anilines is 1. The lowest BCUT2D eigenvalue weighted by Gasteiger charge is -1.96. The van der Waals surface area contributed by atoms with Crippen molar-refractivity contribution < 1.29 is 21.6 Å². The molecule has 1 aromatic heterocycles. The van der Waals surface area contributed by atoms with Gasteiger partial charge in [0, 0.05) is 5.69 Å². The van der Waals surface area contributed by atoms with E-state index < -0.39 is 27.2 Å². The predicted molar refractivity (Wildman–Crippen MR) is 56.5 cm³/mol. The van der Waals surface area contributed by atoms with E-state index in [-0.39, 0.29) is 11.1 Å². The smallest absolute Gasteiger partial charge is 0.316 e. The molecule has 0 fully saturated rings. The van der Waals surface area contributed by atoms with E-state index in [4.69, 9.17) is 10.2 Å². The van der Waals surface area contributed by atoms with Gasteiger partial charge in [-0.3, -0.25) is 0 Å². The van der Waals surface area contributed by atoms with Gasteiger partial charge in [0.1, 0.15) is 11.3 Å². The molecule has 0 saturated heterocycles. The van der Waals surface area contributed by atoms with Crippen molar-refractivity contribution in [2.75, 3.05) is 11.5 Å². The van der Waals surface area contributed by atoms with Gasteiger partial charge in [-0.1, -0.05) is 0 Å². The van der Waals surface area contributed by atoms with Gasteiger partial charge in [0.15, 0.2) is 5.58 Å². The Morgan fingerprint density at radius 1 is 1.41 bits per heavy atom. The van der Waals surface area contributed by atoms with Gasteiger partial charge >= 0.3 is 5.22 Å². The fraction of sp³-hybridized carbons (Fsp3) is 0.222. The van der Waals surface area contributed by atoms with Crippen LogP contribution in [0.2, 0.25) is 0 Å². The van der Waals surface area contributed by atoms with Crippen molar-refractivity contribution in [2.24, 2.45) is 0 Å². The van der Waals surface area contributed by atoms with Crippen molar-refractivity contribution in [3.63, 3.8) is 0 Å². The Bertz CT molecular complexity index is 651. The molecular formula is C9H8F2N2O3S. The molecule has 1 heterocycles. The van der Waals surface area contributed by atoms with Crippen molar-refractivity contribution in [1.82, 2.24) is 4.98 Å². The first-order chi connectivity index (χ1) is 7.88. The lowest BCUT2D eigenvalue weighted by atomic mass is 10.3. The minimum absolute atomic E-state index is 0.187. The topological polar surface area (TPSA) is 86.2 Å². The molecule has 0 aliphatic carbocycles. The highest BCUT2D eigenvalue weighted by atomic mass is 32.2. The summed E-state index contributed by atoms with van der Waals surface area (Å²) in [6.45, 7) is 0. The van der Waals surface area contributed by atoms with E-state index in [0.29, 0.717) is 5.69 Å². The molecule has 1 aromatic carbocycles. The number of alkyl halides is 2. The molecule has 2 N–H and O–H groups in total. The molecule has 0 amide bonds. The summed E-state index contributed by atoms with van der Waals surface area (Å²) in [6, 6.07) is 4.33. The Balaban J connectivity index is 2.50. The standard InChI is InChI=1S/C9H8F2N2O3S/c10-8(11)4-17(14,15)9-13-6-3-5(12)1-2-7(6)16-9/h1-3,8H,4,12H2. The second kappa shape index (κ2) is 3.95. The zero-order chi connectivity index (χ0) is 12.6. The molecule has 5 nitrogen and oxygen atoms in total. The van der Waals surface area contributed by atoms with E-state index in [1.807, 2.05) is 0 Å². The lowest BCUT2D eigenvalue weighted by Crippen LogP contribution is -2.13. The van der Waals surface area contributed by atoms with Gasteiger partial charge in [-0.25, -0.2) is 17.2 Å². The Morgan fingerprint density at radius 2 is 2.12 bits per heavy atom. The van der Waals surface area contributed by atoms with Crippen LogP contribution in [-0.4, -0.2) is 25.6 Å². The second-order valence-corrected chi connectivity index (χ2v) is 5.29. The van der Waals surface area contributed by atoms with Crippen molar-refractivity contribution in [2.45, 2.75) is 11.6 Å². The van der Waals surface area contributed by atoms with E-state index in [1.165, 1.54) is 18.2 Å². The van der Waals surface area contributed by atoms with Crippen LogP contribution in [0.1, 0.15) is 0 Å². The van der Waals surface area contributed by atoms with Crippen LogP contribution in [0.15, 0.2) is 27.8 Å². The number of nitrogens with two attached hydrogens (primary N) is 1. The molecule has 0 saturated carbocycles. The Kier molecular flexibility index (Phi) is 2.74. The summed E-state index contributed by atoms with van der Waals surface area (Å²) in [4.78, 5) is 3.63. The Labute approximate surface area is 95.2 Å². The molecule has 0 aliphatic heterocycles. The Morgan fingerprint density at radius 3 is 2.76 bits per heavy atom. The minimum atomic E-state index is -4.20. The molecule has 2 rings (SSSR count). The van der Waals surface area contributed by atoms with Crippen molar-refractivity contribution >= 4 is 26.6 Å². The fourth-order valence-corrected chi connectivity index (χ4v) is 2.22. The fourth-order valence-electron chi connectivity index (χ4n) is 1.29.